The van der Waals surface area contributed by atoms with Gasteiger partial charge < -0.3 is 10.2 Å². The van der Waals surface area contributed by atoms with Gasteiger partial charge in [-0.2, -0.15) is 0 Å². The number of hydrogen-bond acceptors (Lipinski definition) is 2. The quantitative estimate of drug-likeness (QED) is 0.789. The number of fused-ring (bicyclic) bond motifs is 1. The van der Waals surface area contributed by atoms with Gasteiger partial charge in [-0.25, -0.2) is 0 Å². The van der Waals surface area contributed by atoms with Crippen molar-refractivity contribution >= 4 is 15.9 Å². The molecule has 0 aromatic heterocycles. The van der Waals surface area contributed by atoms with Crippen LogP contribution in [-0.4, -0.2) is 35.4 Å². The van der Waals surface area contributed by atoms with Crippen molar-refractivity contribution in [2.24, 2.45) is 5.92 Å². The van der Waals surface area contributed by atoms with E-state index in [1.54, 1.807) is 5.57 Å². The molecule has 3 aliphatic rings. The lowest BCUT2D eigenvalue weighted by molar-refractivity contribution is 0.290. The zero-order chi connectivity index (χ0) is 11.8. The Bertz CT molecular complexity index is 315. The zero-order valence-electron chi connectivity index (χ0n) is 10.7. The molecule has 0 radical (unpaired) electrons. The van der Waals surface area contributed by atoms with E-state index in [0.717, 1.165) is 22.8 Å². The molecule has 0 spiro atoms. The molecule has 1 aliphatic carbocycles. The Balaban J connectivity index is 1.63. The van der Waals surface area contributed by atoms with Gasteiger partial charge in [0.25, 0.3) is 0 Å². The van der Waals surface area contributed by atoms with E-state index in [9.17, 15) is 0 Å². The third-order valence-corrected chi connectivity index (χ3v) is 5.72. The maximum Gasteiger partial charge on any atom is 0.0322 e. The van der Waals surface area contributed by atoms with Crippen LogP contribution >= 0.6 is 15.9 Å². The Morgan fingerprint density at radius 3 is 3.06 bits per heavy atom. The van der Waals surface area contributed by atoms with Gasteiger partial charge in [0.1, 0.15) is 0 Å². The summed E-state index contributed by atoms with van der Waals surface area (Å²) in [5.41, 5.74) is 1.69. The van der Waals surface area contributed by atoms with Crippen molar-refractivity contribution in [3.63, 3.8) is 0 Å². The highest BCUT2D eigenvalue weighted by molar-refractivity contribution is 9.09. The van der Waals surface area contributed by atoms with Crippen LogP contribution in [0.1, 0.15) is 38.5 Å². The first kappa shape index (κ1) is 12.0. The van der Waals surface area contributed by atoms with E-state index in [4.69, 9.17) is 0 Å². The van der Waals surface area contributed by atoms with Gasteiger partial charge in [0.2, 0.25) is 0 Å². The third-order valence-electron chi connectivity index (χ3n) is 4.89. The van der Waals surface area contributed by atoms with Crippen molar-refractivity contribution in [2.75, 3.05) is 13.6 Å². The van der Waals surface area contributed by atoms with E-state index < -0.39 is 0 Å². The standard InChI is InChI=1S/C14H23BrN2/c1-17-6-2-3-12(17)7-10-9-16-14-5-4-11(15)8-13(10)14/h9,11-14,16H,2-8H2,1H3/t11?,12-,13?,14?/m1/s1. The molecule has 2 nitrogen and oxygen atoms in total. The molecule has 17 heavy (non-hydrogen) atoms. The molecule has 1 saturated carbocycles. The molecule has 4 atom stereocenters. The van der Waals surface area contributed by atoms with Crippen LogP contribution in [0.5, 0.6) is 0 Å². The minimum absolute atomic E-state index is 0.741. The average molecular weight is 299 g/mol. The lowest BCUT2D eigenvalue weighted by Gasteiger charge is -2.32. The largest absolute Gasteiger partial charge is 0.388 e. The number of likely N-dealkylation sites (tertiary alicyclic amines) is 1. The Hall–Kier alpha value is -0.0200. The third kappa shape index (κ3) is 2.41. The van der Waals surface area contributed by atoms with Gasteiger partial charge in [-0.1, -0.05) is 15.9 Å². The Labute approximate surface area is 113 Å². The summed E-state index contributed by atoms with van der Waals surface area (Å²) < 4.78 is 0. The molecule has 0 bridgehead atoms. The number of alkyl halides is 1. The van der Waals surface area contributed by atoms with E-state index in [2.05, 4.69) is 39.4 Å². The van der Waals surface area contributed by atoms with Crippen molar-refractivity contribution < 1.29 is 0 Å². The molecule has 0 aromatic carbocycles. The zero-order valence-corrected chi connectivity index (χ0v) is 12.2. The van der Waals surface area contributed by atoms with Gasteiger partial charge in [0, 0.05) is 22.8 Å². The first-order valence-corrected chi connectivity index (χ1v) is 7.95. The molecule has 96 valence electrons. The van der Waals surface area contributed by atoms with Gasteiger partial charge >= 0.3 is 0 Å². The molecule has 2 aliphatic heterocycles. The van der Waals surface area contributed by atoms with Crippen molar-refractivity contribution in [3.05, 3.63) is 11.8 Å². The summed E-state index contributed by atoms with van der Waals surface area (Å²) in [6, 6.07) is 1.54. The van der Waals surface area contributed by atoms with Crippen molar-refractivity contribution in [3.8, 4) is 0 Å². The Kier molecular flexibility index (Phi) is 3.49. The van der Waals surface area contributed by atoms with Gasteiger partial charge in [0.05, 0.1) is 0 Å². The summed E-state index contributed by atoms with van der Waals surface area (Å²) in [7, 11) is 2.28. The fourth-order valence-electron chi connectivity index (χ4n) is 3.77. The molecule has 3 rings (SSSR count). The van der Waals surface area contributed by atoms with Crippen LogP contribution in [0.15, 0.2) is 11.8 Å². The topological polar surface area (TPSA) is 15.3 Å². The van der Waals surface area contributed by atoms with Gasteiger partial charge in [0.15, 0.2) is 0 Å². The summed E-state index contributed by atoms with van der Waals surface area (Å²) in [4.78, 5) is 3.29. The number of nitrogens with one attached hydrogen (secondary N) is 1. The molecule has 2 fully saturated rings. The molecular weight excluding hydrogens is 276 g/mol. The molecule has 1 N–H and O–H groups in total. The molecular formula is C14H23BrN2. The maximum atomic E-state index is 3.81. The molecule has 0 aromatic rings. The Morgan fingerprint density at radius 2 is 2.29 bits per heavy atom. The number of nitrogens with zero attached hydrogens (tertiary/aromatic N) is 1. The lowest BCUT2D eigenvalue weighted by atomic mass is 9.80. The minimum atomic E-state index is 0.741. The van der Waals surface area contributed by atoms with Crippen LogP contribution in [0.2, 0.25) is 0 Å². The van der Waals surface area contributed by atoms with E-state index in [0.29, 0.717) is 0 Å². The average Bonchev–Trinajstić information content (AvgIpc) is 2.88. The molecule has 3 unspecified atom stereocenters. The predicted octanol–water partition coefficient (Wildman–Crippen LogP) is 2.89. The summed E-state index contributed by atoms with van der Waals surface area (Å²) in [6.45, 7) is 1.29. The van der Waals surface area contributed by atoms with Crippen LogP contribution in [0, 0.1) is 5.92 Å². The highest BCUT2D eigenvalue weighted by Crippen LogP contribution is 2.39. The van der Waals surface area contributed by atoms with Crippen LogP contribution in [0.25, 0.3) is 0 Å². The van der Waals surface area contributed by atoms with Crippen molar-refractivity contribution in [2.45, 2.75) is 55.4 Å². The molecule has 3 heteroatoms. The minimum Gasteiger partial charge on any atom is -0.388 e. The summed E-state index contributed by atoms with van der Waals surface area (Å²) in [5, 5.41) is 3.62. The first-order chi connectivity index (χ1) is 8.24. The number of halogens is 1. The fraction of sp³-hybridized carbons (Fsp3) is 0.857. The summed E-state index contributed by atoms with van der Waals surface area (Å²) in [5.74, 6) is 0.808. The highest BCUT2D eigenvalue weighted by atomic mass is 79.9. The van der Waals surface area contributed by atoms with Gasteiger partial charge in [-0.3, -0.25) is 0 Å². The van der Waals surface area contributed by atoms with E-state index >= 15 is 0 Å². The highest BCUT2D eigenvalue weighted by Gasteiger charge is 2.36. The van der Waals surface area contributed by atoms with Crippen LogP contribution in [0.4, 0.5) is 0 Å². The fourth-order valence-corrected chi connectivity index (χ4v) is 4.44. The number of rotatable bonds is 2. The lowest BCUT2D eigenvalue weighted by Crippen LogP contribution is -2.35. The summed E-state index contributed by atoms with van der Waals surface area (Å²) >= 11 is 3.81. The normalized spacial score (nSPS) is 42.1. The molecule has 2 heterocycles. The monoisotopic (exact) mass is 298 g/mol. The predicted molar refractivity (Wildman–Crippen MR) is 75.3 cm³/mol. The molecule has 1 saturated heterocycles. The summed E-state index contributed by atoms with van der Waals surface area (Å²) in [6.07, 6.45) is 10.4. The SMILES string of the molecule is CN1CCC[C@@H]1CC1=CNC2CCC(Br)CC12. The van der Waals surface area contributed by atoms with E-state index in [1.807, 2.05) is 0 Å². The van der Waals surface area contributed by atoms with E-state index in [-0.39, 0.29) is 0 Å². The van der Waals surface area contributed by atoms with Crippen LogP contribution in [0.3, 0.4) is 0 Å². The smallest absolute Gasteiger partial charge is 0.0322 e. The second-order valence-electron chi connectivity index (χ2n) is 5.99. The van der Waals surface area contributed by atoms with E-state index in [1.165, 1.54) is 45.1 Å². The maximum absolute atomic E-state index is 3.81. The Morgan fingerprint density at radius 1 is 1.41 bits per heavy atom. The second kappa shape index (κ2) is 4.93. The van der Waals surface area contributed by atoms with Crippen molar-refractivity contribution in [1.82, 2.24) is 10.2 Å². The van der Waals surface area contributed by atoms with Gasteiger partial charge in [-0.15, -0.1) is 0 Å². The number of hydrogen-bond donors (Lipinski definition) is 1. The second-order valence-corrected chi connectivity index (χ2v) is 7.28. The van der Waals surface area contributed by atoms with Crippen LogP contribution < -0.4 is 5.32 Å². The van der Waals surface area contributed by atoms with Crippen molar-refractivity contribution in [1.29, 1.82) is 0 Å². The first-order valence-electron chi connectivity index (χ1n) is 7.03. The van der Waals surface area contributed by atoms with Crippen LogP contribution in [-0.2, 0) is 0 Å². The van der Waals surface area contributed by atoms with Gasteiger partial charge in [-0.05, 0) is 63.9 Å². The molecule has 0 amide bonds.